The van der Waals surface area contributed by atoms with Gasteiger partial charge in [0.2, 0.25) is 11.8 Å². The number of hydrazone groups is 1. The maximum atomic E-state index is 12.5. The Bertz CT molecular complexity index is 838. The van der Waals surface area contributed by atoms with Crippen molar-refractivity contribution in [2.45, 2.75) is 26.1 Å². The largest absolute Gasteiger partial charge is 0.330 e. The summed E-state index contributed by atoms with van der Waals surface area (Å²) in [7, 11) is 2.93. The van der Waals surface area contributed by atoms with E-state index < -0.39 is 16.6 Å². The molecule has 1 atom stereocenters. The predicted octanol–water partition coefficient (Wildman–Crippen LogP) is -0.607. The van der Waals surface area contributed by atoms with Crippen molar-refractivity contribution in [2.24, 2.45) is 19.2 Å². The molecule has 1 aromatic heterocycles. The Hall–Kier alpha value is -2.36. The molecule has 0 aliphatic carbocycles. The van der Waals surface area contributed by atoms with Gasteiger partial charge in [-0.25, -0.2) is 9.80 Å². The number of nitrogens with zero attached hydrogens (tertiary/aromatic N) is 4. The lowest BCUT2D eigenvalue weighted by atomic mass is 10.2. The molecule has 1 aromatic rings. The van der Waals surface area contributed by atoms with Gasteiger partial charge in [-0.15, -0.1) is 5.10 Å². The van der Waals surface area contributed by atoms with Crippen LogP contribution < -0.4 is 16.6 Å². The van der Waals surface area contributed by atoms with E-state index in [0.29, 0.717) is 5.69 Å². The van der Waals surface area contributed by atoms with Crippen molar-refractivity contribution in [1.29, 1.82) is 0 Å². The van der Waals surface area contributed by atoms with Crippen LogP contribution in [0.5, 0.6) is 0 Å². The highest BCUT2D eigenvalue weighted by atomic mass is 32.2. The topological polar surface area (TPSA) is 106 Å². The first kappa shape index (κ1) is 17.0. The molecule has 1 N–H and O–H groups in total. The Balaban J connectivity index is 2.59. The van der Waals surface area contributed by atoms with E-state index in [1.165, 1.54) is 25.5 Å². The quantitative estimate of drug-likeness (QED) is 0.735. The van der Waals surface area contributed by atoms with Crippen molar-refractivity contribution >= 4 is 28.7 Å². The van der Waals surface area contributed by atoms with Gasteiger partial charge in [0.25, 0.3) is 5.56 Å². The average molecular weight is 339 g/mol. The van der Waals surface area contributed by atoms with Gasteiger partial charge in [-0.1, -0.05) is 11.8 Å². The fourth-order valence-electron chi connectivity index (χ4n) is 2.21. The molecule has 0 bridgehead atoms. The molecule has 9 nitrogen and oxygen atoms in total. The lowest BCUT2D eigenvalue weighted by Gasteiger charge is -2.21. The Morgan fingerprint density at radius 1 is 1.17 bits per heavy atom. The van der Waals surface area contributed by atoms with Crippen LogP contribution in [0.25, 0.3) is 0 Å². The van der Waals surface area contributed by atoms with E-state index in [1.54, 1.807) is 14.0 Å². The molecule has 2 heterocycles. The third kappa shape index (κ3) is 2.93. The highest BCUT2D eigenvalue weighted by molar-refractivity contribution is 8.14. The first-order valence-corrected chi connectivity index (χ1v) is 7.62. The molecule has 1 aliphatic rings. The smallest absolute Gasteiger partial charge is 0.304 e. The van der Waals surface area contributed by atoms with Gasteiger partial charge in [-0.05, 0) is 6.92 Å². The van der Waals surface area contributed by atoms with Gasteiger partial charge in [0.1, 0.15) is 5.37 Å². The van der Waals surface area contributed by atoms with Gasteiger partial charge in [0.15, 0.2) is 5.17 Å². The zero-order valence-corrected chi connectivity index (χ0v) is 14.2. The number of rotatable bonds is 1. The van der Waals surface area contributed by atoms with E-state index in [2.05, 4.69) is 10.4 Å². The zero-order chi connectivity index (χ0) is 17.5. The molecule has 124 valence electrons. The SMILES string of the molecule is CC(=O)NC1=NN(C(C)=O)[C@@H](c2c(C)n(C)c(=O)n(C)c2=O)S1. The van der Waals surface area contributed by atoms with Crippen LogP contribution in [0, 0.1) is 6.92 Å². The molecule has 0 aromatic carbocycles. The number of carbonyl (C=O) groups excluding carboxylic acids is 2. The fourth-order valence-corrected chi connectivity index (χ4v) is 3.44. The van der Waals surface area contributed by atoms with E-state index in [-0.39, 0.29) is 22.5 Å². The van der Waals surface area contributed by atoms with Crippen LogP contribution in [0.3, 0.4) is 0 Å². The Morgan fingerprint density at radius 2 is 1.78 bits per heavy atom. The maximum absolute atomic E-state index is 12.5. The summed E-state index contributed by atoms with van der Waals surface area (Å²) in [5.74, 6) is -0.705. The molecule has 0 saturated carbocycles. The Morgan fingerprint density at radius 3 is 2.30 bits per heavy atom. The van der Waals surface area contributed by atoms with Crippen LogP contribution in [0.2, 0.25) is 0 Å². The number of amidine groups is 1. The first-order valence-electron chi connectivity index (χ1n) is 6.74. The normalized spacial score (nSPS) is 17.2. The van der Waals surface area contributed by atoms with E-state index >= 15 is 0 Å². The highest BCUT2D eigenvalue weighted by Gasteiger charge is 2.36. The van der Waals surface area contributed by atoms with Crippen molar-refractivity contribution in [1.82, 2.24) is 19.5 Å². The van der Waals surface area contributed by atoms with Crippen LogP contribution >= 0.6 is 11.8 Å². The summed E-state index contributed by atoms with van der Waals surface area (Å²) in [5, 5.41) is 7.18. The van der Waals surface area contributed by atoms with Crippen molar-refractivity contribution in [2.75, 3.05) is 0 Å². The molecule has 0 unspecified atom stereocenters. The zero-order valence-electron chi connectivity index (χ0n) is 13.4. The standard InChI is InChI=1S/C13H17N5O4S/c1-6-9(10(21)17(5)13(22)16(6)4)11-18(8(3)20)15-12(23-11)14-7(2)19/h11H,1-5H3,(H,14,15,19)/t11-/m1/s1. The van der Waals surface area contributed by atoms with Crippen LogP contribution in [0.15, 0.2) is 14.7 Å². The summed E-state index contributed by atoms with van der Waals surface area (Å²) in [6.07, 6.45) is 0. The van der Waals surface area contributed by atoms with Crippen molar-refractivity contribution in [3.05, 3.63) is 32.1 Å². The lowest BCUT2D eigenvalue weighted by molar-refractivity contribution is -0.129. The number of aromatic nitrogens is 2. The summed E-state index contributed by atoms with van der Waals surface area (Å²) in [5.41, 5.74) is -0.217. The summed E-state index contributed by atoms with van der Waals surface area (Å²) >= 11 is 1.07. The van der Waals surface area contributed by atoms with Crippen molar-refractivity contribution in [3.8, 4) is 0 Å². The van der Waals surface area contributed by atoms with Crippen LogP contribution in [-0.2, 0) is 23.7 Å². The number of carbonyl (C=O) groups is 2. The number of thioether (sulfide) groups is 1. The van der Waals surface area contributed by atoms with Crippen LogP contribution in [0.1, 0.15) is 30.5 Å². The summed E-state index contributed by atoms with van der Waals surface area (Å²) in [6.45, 7) is 4.27. The highest BCUT2D eigenvalue weighted by Crippen LogP contribution is 2.38. The molecule has 1 aliphatic heterocycles. The minimum absolute atomic E-state index is 0.230. The number of hydrogen-bond acceptors (Lipinski definition) is 6. The van der Waals surface area contributed by atoms with Crippen molar-refractivity contribution < 1.29 is 9.59 Å². The van der Waals surface area contributed by atoms with Crippen LogP contribution in [0.4, 0.5) is 0 Å². The number of hydrogen-bond donors (Lipinski definition) is 1. The molecule has 2 rings (SSSR count). The van der Waals surface area contributed by atoms with E-state index in [0.717, 1.165) is 21.3 Å². The van der Waals surface area contributed by atoms with Crippen molar-refractivity contribution in [3.63, 3.8) is 0 Å². The minimum atomic E-state index is -0.736. The second-order valence-corrected chi connectivity index (χ2v) is 6.19. The second-order valence-electron chi connectivity index (χ2n) is 5.12. The molecule has 23 heavy (non-hydrogen) atoms. The first-order chi connectivity index (χ1) is 10.6. The summed E-state index contributed by atoms with van der Waals surface area (Å²) in [6, 6.07) is 0. The second kappa shape index (κ2) is 6.03. The average Bonchev–Trinajstić information content (AvgIpc) is 2.86. The van der Waals surface area contributed by atoms with E-state index in [9.17, 15) is 19.2 Å². The monoisotopic (exact) mass is 339 g/mol. The molecule has 0 radical (unpaired) electrons. The van der Waals surface area contributed by atoms with Gasteiger partial charge < -0.3 is 9.88 Å². The molecule has 0 fully saturated rings. The Labute approximate surface area is 136 Å². The van der Waals surface area contributed by atoms with Gasteiger partial charge in [-0.3, -0.25) is 19.0 Å². The molecule has 10 heteroatoms. The third-order valence-electron chi connectivity index (χ3n) is 3.50. The van der Waals surface area contributed by atoms with E-state index in [1.807, 2.05) is 0 Å². The van der Waals surface area contributed by atoms with E-state index in [4.69, 9.17) is 0 Å². The molecule has 2 amide bonds. The summed E-state index contributed by atoms with van der Waals surface area (Å²) < 4.78 is 2.32. The molecular formula is C13H17N5O4S. The van der Waals surface area contributed by atoms with Gasteiger partial charge in [-0.2, -0.15) is 0 Å². The fraction of sp³-hybridized carbons (Fsp3) is 0.462. The maximum Gasteiger partial charge on any atom is 0.330 e. The van der Waals surface area contributed by atoms with Gasteiger partial charge in [0.05, 0.1) is 5.56 Å². The van der Waals surface area contributed by atoms with Gasteiger partial charge >= 0.3 is 5.69 Å². The molecule has 0 saturated heterocycles. The molecular weight excluding hydrogens is 322 g/mol. The Kier molecular flexibility index (Phi) is 4.46. The third-order valence-corrected chi connectivity index (χ3v) is 4.56. The number of amides is 2. The minimum Gasteiger partial charge on any atom is -0.304 e. The summed E-state index contributed by atoms with van der Waals surface area (Å²) in [4.78, 5) is 47.5. The van der Waals surface area contributed by atoms with Gasteiger partial charge in [0, 0.05) is 33.6 Å². The van der Waals surface area contributed by atoms with Crippen LogP contribution in [-0.4, -0.2) is 31.1 Å². The lowest BCUT2D eigenvalue weighted by Crippen LogP contribution is -2.42. The number of nitrogens with one attached hydrogen (secondary N) is 1. The predicted molar refractivity (Wildman–Crippen MR) is 85.8 cm³/mol. The molecule has 0 spiro atoms.